The lowest BCUT2D eigenvalue weighted by Crippen LogP contribution is -2.42. The van der Waals surface area contributed by atoms with Crippen LogP contribution in [0.2, 0.25) is 0 Å². The number of benzene rings is 1. The molecule has 2 fully saturated rings. The van der Waals surface area contributed by atoms with Crippen LogP contribution in [-0.2, 0) is 17.9 Å². The van der Waals surface area contributed by atoms with E-state index in [0.717, 1.165) is 42.9 Å². The summed E-state index contributed by atoms with van der Waals surface area (Å²) in [6, 6.07) is 14.3. The number of carbonyl (C=O) groups is 1. The van der Waals surface area contributed by atoms with Crippen molar-refractivity contribution in [2.75, 3.05) is 19.6 Å². The highest BCUT2D eigenvalue weighted by Crippen LogP contribution is 2.29. The number of carbonyl (C=O) groups excluding carboxylic acids is 1. The van der Waals surface area contributed by atoms with Gasteiger partial charge < -0.3 is 9.64 Å². The first-order valence-electron chi connectivity index (χ1n) is 10.4. The average molecular weight is 380 g/mol. The van der Waals surface area contributed by atoms with E-state index in [2.05, 4.69) is 20.9 Å². The number of likely N-dealkylation sites (tertiary alicyclic amines) is 1. The number of piperidine rings is 1. The molecule has 1 amide bonds. The topological polar surface area (TPSA) is 45.7 Å². The second kappa shape index (κ2) is 9.20. The predicted molar refractivity (Wildman–Crippen MR) is 109 cm³/mol. The monoisotopic (exact) mass is 379 g/mol. The van der Waals surface area contributed by atoms with Crippen LogP contribution in [0.15, 0.2) is 48.7 Å². The number of rotatable bonds is 8. The van der Waals surface area contributed by atoms with Gasteiger partial charge in [-0.15, -0.1) is 0 Å². The normalized spacial score (nSPS) is 17.3. The van der Waals surface area contributed by atoms with Crippen LogP contribution >= 0.6 is 0 Å². The van der Waals surface area contributed by atoms with Gasteiger partial charge in [0.25, 0.3) is 0 Å². The van der Waals surface area contributed by atoms with Crippen LogP contribution in [0.1, 0.15) is 43.4 Å². The first kappa shape index (κ1) is 18.9. The molecule has 1 aliphatic heterocycles. The molecule has 1 aromatic carbocycles. The Hall–Kier alpha value is -2.40. The average Bonchev–Trinajstić information content (AvgIpc) is 3.57. The van der Waals surface area contributed by atoms with E-state index >= 15 is 0 Å². The molecular weight excluding hydrogens is 350 g/mol. The van der Waals surface area contributed by atoms with Crippen molar-refractivity contribution >= 4 is 5.91 Å². The van der Waals surface area contributed by atoms with Gasteiger partial charge in [-0.25, -0.2) is 0 Å². The number of ether oxygens (including phenoxy) is 1. The molecule has 148 valence electrons. The molecule has 0 atom stereocenters. The molecule has 1 saturated heterocycles. The molecule has 0 spiro atoms. The summed E-state index contributed by atoms with van der Waals surface area (Å²) in [5.41, 5.74) is 2.03. The maximum atomic E-state index is 12.9. The molecule has 1 aromatic heterocycles. The molecule has 5 nitrogen and oxygen atoms in total. The summed E-state index contributed by atoms with van der Waals surface area (Å²) in [5, 5.41) is 0. The van der Waals surface area contributed by atoms with Crippen molar-refractivity contribution in [3.05, 3.63) is 59.9 Å². The van der Waals surface area contributed by atoms with Crippen molar-refractivity contribution in [1.82, 2.24) is 14.8 Å². The predicted octanol–water partition coefficient (Wildman–Crippen LogP) is 3.64. The van der Waals surface area contributed by atoms with Crippen LogP contribution in [-0.4, -0.2) is 46.4 Å². The SMILES string of the molecule is O=C(CN1CCCCC1)N(Cc1cccc(OCc2ccccn2)c1)C1CC1. The Morgan fingerprint density at radius 3 is 2.71 bits per heavy atom. The van der Waals surface area contributed by atoms with E-state index in [1.165, 1.54) is 19.3 Å². The highest BCUT2D eigenvalue weighted by molar-refractivity contribution is 5.79. The largest absolute Gasteiger partial charge is 0.487 e. The zero-order chi connectivity index (χ0) is 19.2. The van der Waals surface area contributed by atoms with Crippen molar-refractivity contribution in [2.45, 2.75) is 51.3 Å². The van der Waals surface area contributed by atoms with Gasteiger partial charge in [0.15, 0.2) is 0 Å². The standard InChI is InChI=1S/C23H29N3O2/c27-23(17-25-13-4-1-5-14-25)26(21-10-11-21)16-19-7-6-9-22(15-19)28-18-20-8-2-3-12-24-20/h2-3,6-9,12,15,21H,1,4-5,10-11,13-14,16-18H2. The lowest BCUT2D eigenvalue weighted by Gasteiger charge is -2.30. The van der Waals surface area contributed by atoms with Gasteiger partial charge in [-0.2, -0.15) is 0 Å². The molecule has 0 radical (unpaired) electrons. The molecule has 2 aromatic rings. The van der Waals surface area contributed by atoms with Crippen molar-refractivity contribution in [3.8, 4) is 5.75 Å². The first-order chi connectivity index (χ1) is 13.8. The number of hydrogen-bond acceptors (Lipinski definition) is 4. The van der Waals surface area contributed by atoms with Crippen LogP contribution in [0.3, 0.4) is 0 Å². The van der Waals surface area contributed by atoms with Crippen molar-refractivity contribution in [1.29, 1.82) is 0 Å². The Bertz CT molecular complexity index is 770. The second-order valence-electron chi connectivity index (χ2n) is 7.85. The van der Waals surface area contributed by atoms with E-state index in [0.29, 0.717) is 25.7 Å². The fourth-order valence-corrected chi connectivity index (χ4v) is 3.78. The number of amides is 1. The molecule has 4 rings (SSSR count). The molecule has 1 saturated carbocycles. The maximum Gasteiger partial charge on any atom is 0.237 e. The van der Waals surface area contributed by atoms with Crippen LogP contribution in [0, 0.1) is 0 Å². The van der Waals surface area contributed by atoms with Gasteiger partial charge in [0.05, 0.1) is 12.2 Å². The van der Waals surface area contributed by atoms with Gasteiger partial charge in [0, 0.05) is 18.8 Å². The van der Waals surface area contributed by atoms with Gasteiger partial charge in [0.1, 0.15) is 12.4 Å². The van der Waals surface area contributed by atoms with Gasteiger partial charge >= 0.3 is 0 Å². The van der Waals surface area contributed by atoms with Crippen LogP contribution < -0.4 is 4.74 Å². The molecule has 2 aliphatic rings. The van der Waals surface area contributed by atoms with E-state index in [1.807, 2.05) is 36.4 Å². The highest BCUT2D eigenvalue weighted by Gasteiger charge is 2.33. The van der Waals surface area contributed by atoms with Crippen LogP contribution in [0.25, 0.3) is 0 Å². The van der Waals surface area contributed by atoms with E-state index < -0.39 is 0 Å². The Morgan fingerprint density at radius 2 is 1.96 bits per heavy atom. The number of aromatic nitrogens is 1. The van der Waals surface area contributed by atoms with E-state index in [9.17, 15) is 4.79 Å². The Balaban J connectivity index is 1.36. The molecule has 5 heteroatoms. The molecular formula is C23H29N3O2. The molecule has 0 bridgehead atoms. The van der Waals surface area contributed by atoms with Gasteiger partial charge in [-0.3, -0.25) is 14.7 Å². The van der Waals surface area contributed by atoms with Crippen molar-refractivity contribution < 1.29 is 9.53 Å². The minimum absolute atomic E-state index is 0.268. The highest BCUT2D eigenvalue weighted by atomic mass is 16.5. The molecule has 1 aliphatic carbocycles. The number of hydrogen-bond donors (Lipinski definition) is 0. The number of pyridine rings is 1. The third-order valence-corrected chi connectivity index (χ3v) is 5.48. The third kappa shape index (κ3) is 5.32. The summed E-state index contributed by atoms with van der Waals surface area (Å²) in [7, 11) is 0. The summed E-state index contributed by atoms with van der Waals surface area (Å²) >= 11 is 0. The lowest BCUT2D eigenvalue weighted by molar-refractivity contribution is -0.133. The van der Waals surface area contributed by atoms with Crippen LogP contribution in [0.5, 0.6) is 5.75 Å². The first-order valence-corrected chi connectivity index (χ1v) is 10.4. The Kier molecular flexibility index (Phi) is 6.22. The molecule has 2 heterocycles. The number of nitrogens with zero attached hydrogens (tertiary/aromatic N) is 3. The van der Waals surface area contributed by atoms with Crippen molar-refractivity contribution in [3.63, 3.8) is 0 Å². The summed E-state index contributed by atoms with van der Waals surface area (Å²) < 4.78 is 5.90. The minimum atomic E-state index is 0.268. The Labute approximate surface area is 167 Å². The summed E-state index contributed by atoms with van der Waals surface area (Å²) in [4.78, 5) is 21.6. The van der Waals surface area contributed by atoms with Crippen molar-refractivity contribution in [2.24, 2.45) is 0 Å². The molecule has 0 unspecified atom stereocenters. The summed E-state index contributed by atoms with van der Waals surface area (Å²) in [5.74, 6) is 1.09. The second-order valence-corrected chi connectivity index (χ2v) is 7.85. The van der Waals surface area contributed by atoms with Crippen LogP contribution in [0.4, 0.5) is 0 Å². The smallest absolute Gasteiger partial charge is 0.237 e. The van der Waals surface area contributed by atoms with E-state index in [-0.39, 0.29) is 5.91 Å². The zero-order valence-corrected chi connectivity index (χ0v) is 16.4. The Morgan fingerprint density at radius 1 is 1.11 bits per heavy atom. The summed E-state index contributed by atoms with van der Waals surface area (Å²) in [6.07, 6.45) is 7.75. The molecule has 28 heavy (non-hydrogen) atoms. The minimum Gasteiger partial charge on any atom is -0.487 e. The van der Waals surface area contributed by atoms with Gasteiger partial charge in [-0.05, 0) is 68.6 Å². The van der Waals surface area contributed by atoms with Gasteiger partial charge in [-0.1, -0.05) is 24.6 Å². The lowest BCUT2D eigenvalue weighted by atomic mass is 10.1. The summed E-state index contributed by atoms with van der Waals surface area (Å²) in [6.45, 7) is 3.79. The quantitative estimate of drug-likeness (QED) is 0.703. The fourth-order valence-electron chi connectivity index (χ4n) is 3.78. The van der Waals surface area contributed by atoms with Gasteiger partial charge in [0.2, 0.25) is 5.91 Å². The van der Waals surface area contributed by atoms with E-state index in [1.54, 1.807) is 6.20 Å². The van der Waals surface area contributed by atoms with E-state index in [4.69, 9.17) is 4.74 Å². The maximum absolute atomic E-state index is 12.9. The third-order valence-electron chi connectivity index (χ3n) is 5.48. The zero-order valence-electron chi connectivity index (χ0n) is 16.4. The fraction of sp³-hybridized carbons (Fsp3) is 0.478. The molecule has 0 N–H and O–H groups in total.